The molecule has 1 saturated carbocycles. The van der Waals surface area contributed by atoms with Gasteiger partial charge in [-0.05, 0) is 29.5 Å². The molecular formula is C15H16OS. The predicted octanol–water partition coefficient (Wildman–Crippen LogP) is 3.93. The molecule has 3 rings (SSSR count). The normalized spacial score (nSPS) is 25.9. The molecule has 0 spiro atoms. The number of fused-ring (bicyclic) bond motifs is 2. The molecule has 0 N–H and O–H groups in total. The molecule has 2 aliphatic rings. The van der Waals surface area contributed by atoms with E-state index >= 15 is 0 Å². The Morgan fingerprint density at radius 2 is 2.06 bits per heavy atom. The number of Topliss-reactive ketones (excluding diaryl/α,β-unsaturated/α-hetero) is 1. The second kappa shape index (κ2) is 3.74. The number of hydrogen-bond donors (Lipinski definition) is 0. The first-order chi connectivity index (χ1) is 8.08. The zero-order chi connectivity index (χ0) is 12.0. The lowest BCUT2D eigenvalue weighted by molar-refractivity contribution is -0.117. The topological polar surface area (TPSA) is 17.1 Å². The summed E-state index contributed by atoms with van der Waals surface area (Å²) in [7, 11) is 0. The Morgan fingerprint density at radius 3 is 2.88 bits per heavy atom. The van der Waals surface area contributed by atoms with Crippen LogP contribution in [0.15, 0.2) is 34.7 Å². The van der Waals surface area contributed by atoms with Crippen LogP contribution in [0.25, 0.3) is 6.08 Å². The van der Waals surface area contributed by atoms with Crippen LogP contribution in [0, 0.1) is 5.41 Å². The van der Waals surface area contributed by atoms with Crippen LogP contribution in [-0.4, -0.2) is 11.0 Å². The molecule has 0 bridgehead atoms. The third-order valence-corrected chi connectivity index (χ3v) is 5.54. The molecule has 0 aromatic heterocycles. The number of thioether (sulfide) groups is 1. The van der Waals surface area contributed by atoms with Crippen LogP contribution in [0.4, 0.5) is 0 Å². The van der Waals surface area contributed by atoms with Crippen molar-refractivity contribution in [2.75, 3.05) is 0 Å². The highest BCUT2D eigenvalue weighted by Crippen LogP contribution is 2.50. The summed E-state index contributed by atoms with van der Waals surface area (Å²) < 4.78 is 0. The standard InChI is InChI=1S/C15H16OS/c1-15(2)8-7-12(16)11-9-10-5-3-4-6-13(10)17-14(11)15/h3-6,9,14H,7-8H2,1-2H3/t14-/m0/s1. The highest BCUT2D eigenvalue weighted by Gasteiger charge is 2.41. The Labute approximate surface area is 106 Å². The summed E-state index contributed by atoms with van der Waals surface area (Å²) >= 11 is 1.86. The number of ketones is 1. The molecule has 1 aromatic carbocycles. The quantitative estimate of drug-likeness (QED) is 0.687. The molecule has 1 fully saturated rings. The van der Waals surface area contributed by atoms with Gasteiger partial charge in [0.05, 0.1) is 0 Å². The lowest BCUT2D eigenvalue weighted by atomic mass is 9.73. The van der Waals surface area contributed by atoms with E-state index in [2.05, 4.69) is 38.1 Å². The molecule has 1 atom stereocenters. The van der Waals surface area contributed by atoms with Crippen molar-refractivity contribution in [3.05, 3.63) is 35.4 Å². The summed E-state index contributed by atoms with van der Waals surface area (Å²) in [6.07, 6.45) is 3.82. The van der Waals surface area contributed by atoms with Crippen molar-refractivity contribution in [3.63, 3.8) is 0 Å². The summed E-state index contributed by atoms with van der Waals surface area (Å²) in [6.45, 7) is 4.55. The number of carbonyl (C=O) groups excluding carboxylic acids is 1. The van der Waals surface area contributed by atoms with Gasteiger partial charge in [-0.25, -0.2) is 0 Å². The molecule has 0 saturated heterocycles. The van der Waals surface area contributed by atoms with Crippen molar-refractivity contribution in [1.29, 1.82) is 0 Å². The molecule has 2 heteroatoms. The summed E-state index contributed by atoms with van der Waals surface area (Å²) in [5.74, 6) is 0.344. The fraction of sp³-hybridized carbons (Fsp3) is 0.400. The van der Waals surface area contributed by atoms with Gasteiger partial charge in [0, 0.05) is 22.1 Å². The van der Waals surface area contributed by atoms with Crippen LogP contribution in [0.1, 0.15) is 32.3 Å². The lowest BCUT2D eigenvalue weighted by Crippen LogP contribution is -2.37. The molecule has 0 radical (unpaired) electrons. The van der Waals surface area contributed by atoms with Crippen LogP contribution in [0.3, 0.4) is 0 Å². The van der Waals surface area contributed by atoms with E-state index in [1.165, 1.54) is 10.5 Å². The molecular weight excluding hydrogens is 228 g/mol. The minimum Gasteiger partial charge on any atom is -0.295 e. The molecule has 1 heterocycles. The van der Waals surface area contributed by atoms with Gasteiger partial charge in [-0.2, -0.15) is 0 Å². The van der Waals surface area contributed by atoms with Gasteiger partial charge in [0.15, 0.2) is 5.78 Å². The average Bonchev–Trinajstić information content (AvgIpc) is 2.33. The summed E-state index contributed by atoms with van der Waals surface area (Å²) in [6, 6.07) is 8.36. The first-order valence-electron chi connectivity index (χ1n) is 6.08. The number of rotatable bonds is 0. The SMILES string of the molecule is CC1(C)CCC(=O)C2=Cc3ccccc3S[C@@H]21. The Balaban J connectivity index is 2.12. The molecule has 1 aliphatic carbocycles. The molecule has 0 amide bonds. The van der Waals surface area contributed by atoms with Crippen LogP contribution in [0.5, 0.6) is 0 Å². The van der Waals surface area contributed by atoms with E-state index in [4.69, 9.17) is 0 Å². The maximum Gasteiger partial charge on any atom is 0.160 e. The van der Waals surface area contributed by atoms with E-state index in [0.29, 0.717) is 17.5 Å². The fourth-order valence-corrected chi connectivity index (χ4v) is 4.10. The second-order valence-corrected chi connectivity index (χ2v) is 6.69. The van der Waals surface area contributed by atoms with E-state index < -0.39 is 0 Å². The summed E-state index contributed by atoms with van der Waals surface area (Å²) in [5.41, 5.74) is 2.46. The van der Waals surface area contributed by atoms with Crippen molar-refractivity contribution in [1.82, 2.24) is 0 Å². The van der Waals surface area contributed by atoms with Gasteiger partial charge in [-0.15, -0.1) is 11.8 Å². The maximum atomic E-state index is 12.0. The van der Waals surface area contributed by atoms with E-state index in [1.807, 2.05) is 17.8 Å². The van der Waals surface area contributed by atoms with Gasteiger partial charge in [0.2, 0.25) is 0 Å². The minimum absolute atomic E-state index is 0.220. The van der Waals surface area contributed by atoms with Gasteiger partial charge in [-0.1, -0.05) is 32.0 Å². The highest BCUT2D eigenvalue weighted by atomic mass is 32.2. The van der Waals surface area contributed by atoms with Crippen molar-refractivity contribution in [2.24, 2.45) is 5.41 Å². The van der Waals surface area contributed by atoms with E-state index in [0.717, 1.165) is 12.0 Å². The number of benzene rings is 1. The lowest BCUT2D eigenvalue weighted by Gasteiger charge is -2.41. The van der Waals surface area contributed by atoms with Crippen LogP contribution < -0.4 is 0 Å². The molecule has 1 nitrogen and oxygen atoms in total. The Hall–Kier alpha value is -1.02. The number of hydrogen-bond acceptors (Lipinski definition) is 2. The van der Waals surface area contributed by atoms with Crippen molar-refractivity contribution in [3.8, 4) is 0 Å². The molecule has 1 aliphatic heterocycles. The Bertz CT molecular complexity index is 513. The minimum atomic E-state index is 0.220. The Kier molecular flexibility index (Phi) is 2.44. The van der Waals surface area contributed by atoms with Crippen LogP contribution in [0.2, 0.25) is 0 Å². The Morgan fingerprint density at radius 1 is 1.29 bits per heavy atom. The van der Waals surface area contributed by atoms with Crippen molar-refractivity contribution in [2.45, 2.75) is 36.8 Å². The monoisotopic (exact) mass is 244 g/mol. The average molecular weight is 244 g/mol. The first kappa shape index (κ1) is 11.1. The van der Waals surface area contributed by atoms with E-state index in [1.54, 1.807) is 0 Å². The second-order valence-electron chi connectivity index (χ2n) is 5.55. The predicted molar refractivity (Wildman–Crippen MR) is 72.1 cm³/mol. The maximum absolute atomic E-state index is 12.0. The smallest absolute Gasteiger partial charge is 0.160 e. The summed E-state index contributed by atoms with van der Waals surface area (Å²) in [5, 5.41) is 0.332. The van der Waals surface area contributed by atoms with Gasteiger partial charge in [0.25, 0.3) is 0 Å². The van der Waals surface area contributed by atoms with Crippen molar-refractivity contribution >= 4 is 23.6 Å². The third kappa shape index (κ3) is 1.75. The van der Waals surface area contributed by atoms with Crippen LogP contribution >= 0.6 is 11.8 Å². The molecule has 1 aromatic rings. The fourth-order valence-electron chi connectivity index (χ4n) is 2.66. The molecule has 0 unspecified atom stereocenters. The van der Waals surface area contributed by atoms with Gasteiger partial charge >= 0.3 is 0 Å². The first-order valence-corrected chi connectivity index (χ1v) is 6.96. The summed E-state index contributed by atoms with van der Waals surface area (Å²) in [4.78, 5) is 13.4. The molecule has 88 valence electrons. The van der Waals surface area contributed by atoms with Gasteiger partial charge < -0.3 is 0 Å². The highest BCUT2D eigenvalue weighted by molar-refractivity contribution is 8.00. The number of carbonyl (C=O) groups is 1. The van der Waals surface area contributed by atoms with Crippen LogP contribution in [-0.2, 0) is 4.79 Å². The van der Waals surface area contributed by atoms with E-state index in [-0.39, 0.29) is 5.41 Å². The van der Waals surface area contributed by atoms with Gasteiger partial charge in [0.1, 0.15) is 0 Å². The largest absolute Gasteiger partial charge is 0.295 e. The zero-order valence-corrected chi connectivity index (χ0v) is 11.0. The van der Waals surface area contributed by atoms with Crippen molar-refractivity contribution < 1.29 is 4.79 Å². The molecule has 17 heavy (non-hydrogen) atoms. The van der Waals surface area contributed by atoms with Gasteiger partial charge in [-0.3, -0.25) is 4.79 Å². The zero-order valence-electron chi connectivity index (χ0n) is 10.2. The third-order valence-electron chi connectivity index (χ3n) is 3.79. The van der Waals surface area contributed by atoms with E-state index in [9.17, 15) is 4.79 Å².